The number of amides is 3. The number of aliphatic hydroxyl groups is 2. The van der Waals surface area contributed by atoms with Crippen LogP contribution >= 0.6 is 11.6 Å². The number of aliphatic hydroxyl groups excluding tert-OH is 2. The van der Waals surface area contributed by atoms with Gasteiger partial charge in [0.1, 0.15) is 10.8 Å². The average Bonchev–Trinajstić information content (AvgIpc) is 3.58. The van der Waals surface area contributed by atoms with E-state index >= 15 is 0 Å². The van der Waals surface area contributed by atoms with E-state index in [0.717, 1.165) is 37.8 Å². The number of para-hydroxylation sites is 2. The summed E-state index contributed by atoms with van der Waals surface area (Å²) in [6.07, 6.45) is 4.89. The fraction of sp³-hybridized carbons (Fsp3) is 0.647. The molecule has 3 rings (SSSR count). The second-order valence-electron chi connectivity index (χ2n) is 14.3. The van der Waals surface area contributed by atoms with Gasteiger partial charge in [-0.15, -0.1) is 10.2 Å². The van der Waals surface area contributed by atoms with Crippen LogP contribution in [0.3, 0.4) is 0 Å². The SMILES string of the molecule is CCCCCCCCC(Oc1ccccc1NC(=O)NCC(O)CO)C(=O)NC(C)(C)C(C)(C)c1nnc2c(Cl)c(C(C)(C)C)[nH]n12. The molecule has 3 aromatic rings. The summed E-state index contributed by atoms with van der Waals surface area (Å²) in [6, 6.07) is 6.31. The maximum absolute atomic E-state index is 14.1. The van der Waals surface area contributed by atoms with E-state index in [-0.39, 0.29) is 17.9 Å². The zero-order chi connectivity index (χ0) is 35.0. The lowest BCUT2D eigenvalue weighted by Gasteiger charge is -2.41. The molecule has 0 fully saturated rings. The summed E-state index contributed by atoms with van der Waals surface area (Å²) in [6.45, 7) is 15.7. The number of carbonyl (C=O) groups is 2. The number of unbranched alkanes of at least 4 members (excludes halogenated alkanes) is 5. The summed E-state index contributed by atoms with van der Waals surface area (Å²) in [5, 5.41) is 39.9. The Bertz CT molecular complexity index is 1480. The van der Waals surface area contributed by atoms with Crippen LogP contribution in [0.5, 0.6) is 5.75 Å². The first-order valence-corrected chi connectivity index (χ1v) is 17.0. The van der Waals surface area contributed by atoms with Gasteiger partial charge in [0.15, 0.2) is 17.6 Å². The number of urea groups is 1. The number of aromatic nitrogens is 4. The highest BCUT2D eigenvalue weighted by atomic mass is 35.5. The van der Waals surface area contributed by atoms with E-state index in [1.54, 1.807) is 28.8 Å². The fourth-order valence-electron chi connectivity index (χ4n) is 5.15. The van der Waals surface area contributed by atoms with E-state index in [1.807, 2.05) is 27.7 Å². The lowest BCUT2D eigenvalue weighted by atomic mass is 9.73. The third kappa shape index (κ3) is 9.61. The summed E-state index contributed by atoms with van der Waals surface area (Å²) >= 11 is 6.70. The molecule has 0 spiro atoms. The van der Waals surface area contributed by atoms with Crippen LogP contribution < -0.4 is 20.7 Å². The quantitative estimate of drug-likeness (QED) is 0.0976. The normalized spacial score (nSPS) is 13.8. The van der Waals surface area contributed by atoms with Gasteiger partial charge in [0.2, 0.25) is 0 Å². The van der Waals surface area contributed by atoms with Crippen molar-refractivity contribution in [2.75, 3.05) is 18.5 Å². The van der Waals surface area contributed by atoms with Crippen LogP contribution in [0.15, 0.2) is 24.3 Å². The van der Waals surface area contributed by atoms with Crippen LogP contribution in [0.2, 0.25) is 5.02 Å². The molecule has 12 nitrogen and oxygen atoms in total. The van der Waals surface area contributed by atoms with Crippen LogP contribution in [-0.2, 0) is 15.6 Å². The number of anilines is 1. The van der Waals surface area contributed by atoms with E-state index in [9.17, 15) is 14.7 Å². The van der Waals surface area contributed by atoms with Crippen molar-refractivity contribution in [1.29, 1.82) is 0 Å². The van der Waals surface area contributed by atoms with E-state index in [2.05, 4.69) is 58.9 Å². The number of fused-ring (bicyclic) bond motifs is 1. The van der Waals surface area contributed by atoms with Gasteiger partial charge in [-0.3, -0.25) is 9.89 Å². The summed E-state index contributed by atoms with van der Waals surface area (Å²) in [5.41, 5.74) is -0.0250. The lowest BCUT2D eigenvalue weighted by molar-refractivity contribution is -0.130. The number of hydrogen-bond acceptors (Lipinski definition) is 7. The van der Waals surface area contributed by atoms with Crippen LogP contribution in [0, 0.1) is 0 Å². The Morgan fingerprint density at radius 2 is 1.68 bits per heavy atom. The predicted molar refractivity (Wildman–Crippen MR) is 185 cm³/mol. The maximum Gasteiger partial charge on any atom is 0.319 e. The van der Waals surface area contributed by atoms with E-state index in [1.165, 1.54) is 6.42 Å². The number of H-pyrrole nitrogens is 1. The zero-order valence-corrected chi connectivity index (χ0v) is 29.9. The van der Waals surface area contributed by atoms with Crippen molar-refractivity contribution in [3.05, 3.63) is 40.8 Å². The zero-order valence-electron chi connectivity index (χ0n) is 29.2. The Morgan fingerprint density at radius 1 is 1.02 bits per heavy atom. The van der Waals surface area contributed by atoms with Crippen molar-refractivity contribution in [2.45, 2.75) is 129 Å². The molecule has 0 aliphatic carbocycles. The lowest BCUT2D eigenvalue weighted by Crippen LogP contribution is -2.59. The third-order valence-electron chi connectivity index (χ3n) is 8.84. The van der Waals surface area contributed by atoms with E-state index < -0.39 is 35.8 Å². The van der Waals surface area contributed by atoms with Crippen LogP contribution in [-0.4, -0.2) is 72.9 Å². The van der Waals surface area contributed by atoms with E-state index in [4.69, 9.17) is 21.4 Å². The minimum atomic E-state index is -1.08. The first-order chi connectivity index (χ1) is 22.0. The number of nitrogens with one attached hydrogen (secondary N) is 4. The molecule has 0 radical (unpaired) electrons. The summed E-state index contributed by atoms with van der Waals surface area (Å²) < 4.78 is 8.16. The summed E-state index contributed by atoms with van der Waals surface area (Å²) in [4.78, 5) is 26.6. The molecule has 0 bridgehead atoms. The molecule has 0 saturated heterocycles. The molecule has 2 aromatic heterocycles. The van der Waals surface area contributed by atoms with Gasteiger partial charge in [-0.1, -0.05) is 97.4 Å². The molecule has 2 unspecified atom stereocenters. The monoisotopic (exact) mass is 675 g/mol. The van der Waals surface area contributed by atoms with Crippen LogP contribution in [0.25, 0.3) is 5.65 Å². The maximum atomic E-state index is 14.1. The summed E-state index contributed by atoms with van der Waals surface area (Å²) in [5.74, 6) is 0.668. The molecule has 6 N–H and O–H groups in total. The fourth-order valence-corrected chi connectivity index (χ4v) is 5.60. The number of halogens is 1. The highest BCUT2D eigenvalue weighted by Gasteiger charge is 2.45. The molecule has 1 aromatic carbocycles. The van der Waals surface area contributed by atoms with Crippen molar-refractivity contribution >= 4 is 34.9 Å². The number of rotatable bonds is 17. The Labute approximate surface area is 283 Å². The standard InChI is InChI=1S/C34H54ClN7O5/c1-9-10-11-12-13-14-19-25(47-24-18-16-15-17-23(24)37-31(46)36-20-22(44)21-43)29(45)38-34(7,8)33(5,6)30-40-39-28-26(35)27(32(2,3)4)41-42(28)30/h15-18,22,25,41,43-44H,9-14,19-21H2,1-8H3,(H,38,45)(H2,36,37,46). The number of aromatic amines is 1. The largest absolute Gasteiger partial charge is 0.478 e. The molecule has 0 aliphatic rings. The predicted octanol–water partition coefficient (Wildman–Crippen LogP) is 5.85. The van der Waals surface area contributed by atoms with Gasteiger partial charge >= 0.3 is 6.03 Å². The van der Waals surface area contributed by atoms with Gasteiger partial charge < -0.3 is 30.9 Å². The first kappa shape index (κ1) is 38.1. The Morgan fingerprint density at radius 3 is 2.34 bits per heavy atom. The van der Waals surface area contributed by atoms with Gasteiger partial charge in [-0.05, 0) is 38.8 Å². The van der Waals surface area contributed by atoms with Gasteiger partial charge in [-0.25, -0.2) is 9.31 Å². The third-order valence-corrected chi connectivity index (χ3v) is 9.19. The molecular formula is C34H54ClN7O5. The van der Waals surface area contributed by atoms with Crippen LogP contribution in [0.4, 0.5) is 10.5 Å². The number of ether oxygens (including phenoxy) is 1. The van der Waals surface area contributed by atoms with Gasteiger partial charge in [0, 0.05) is 22.9 Å². The molecule has 47 heavy (non-hydrogen) atoms. The van der Waals surface area contributed by atoms with Gasteiger partial charge in [0.25, 0.3) is 5.91 Å². The second-order valence-corrected chi connectivity index (χ2v) is 14.7. The molecule has 3 amide bonds. The molecular weight excluding hydrogens is 622 g/mol. The highest BCUT2D eigenvalue weighted by Crippen LogP contribution is 2.37. The Kier molecular flexibility index (Phi) is 13.1. The van der Waals surface area contributed by atoms with Crippen LogP contribution in [0.1, 0.15) is 112 Å². The number of carbonyl (C=O) groups excluding carboxylic acids is 2. The molecule has 0 saturated carbocycles. The van der Waals surface area contributed by atoms with Crippen molar-refractivity contribution < 1.29 is 24.5 Å². The van der Waals surface area contributed by atoms with E-state index in [0.29, 0.717) is 34.4 Å². The van der Waals surface area contributed by atoms with Crippen molar-refractivity contribution in [3.63, 3.8) is 0 Å². The Hall–Kier alpha value is -3.35. The topological polar surface area (TPSA) is 166 Å². The van der Waals surface area contributed by atoms with Crippen molar-refractivity contribution in [3.8, 4) is 5.75 Å². The highest BCUT2D eigenvalue weighted by molar-refractivity contribution is 6.34. The molecule has 262 valence electrons. The first-order valence-electron chi connectivity index (χ1n) is 16.6. The number of benzene rings is 1. The molecule has 13 heteroatoms. The second kappa shape index (κ2) is 16.2. The van der Waals surface area contributed by atoms with Crippen molar-refractivity contribution in [1.82, 2.24) is 30.4 Å². The number of hydrogen-bond donors (Lipinski definition) is 6. The average molecular weight is 676 g/mol. The molecule has 0 aliphatic heterocycles. The summed E-state index contributed by atoms with van der Waals surface area (Å²) in [7, 11) is 0. The Balaban J connectivity index is 1.85. The van der Waals surface area contributed by atoms with Gasteiger partial charge in [-0.2, -0.15) is 0 Å². The molecule has 2 heterocycles. The van der Waals surface area contributed by atoms with Gasteiger partial charge in [0.05, 0.1) is 24.1 Å². The minimum absolute atomic E-state index is 0.121. The van der Waals surface area contributed by atoms with Crippen molar-refractivity contribution in [2.24, 2.45) is 0 Å². The minimum Gasteiger partial charge on any atom is -0.478 e. The smallest absolute Gasteiger partial charge is 0.319 e. The number of nitrogens with zero attached hydrogens (tertiary/aromatic N) is 3. The molecule has 2 atom stereocenters.